The van der Waals surface area contributed by atoms with Crippen LogP contribution in [-0.4, -0.2) is 28.5 Å². The highest BCUT2D eigenvalue weighted by Crippen LogP contribution is 2.25. The lowest BCUT2D eigenvalue weighted by Gasteiger charge is -2.30. The van der Waals surface area contributed by atoms with E-state index in [1.165, 1.54) is 0 Å². The van der Waals surface area contributed by atoms with Crippen LogP contribution in [0, 0.1) is 5.92 Å². The molecule has 20 heavy (non-hydrogen) atoms. The van der Waals surface area contributed by atoms with Gasteiger partial charge in [0, 0.05) is 36.1 Å². The van der Waals surface area contributed by atoms with Crippen LogP contribution in [-0.2, 0) is 7.05 Å². The predicted octanol–water partition coefficient (Wildman–Crippen LogP) is 3.70. The SMILES string of the molecule is CC1CCN(C(=O)c2cc3ccc(Cl)cc3n2C)CC1. The number of rotatable bonds is 1. The molecule has 0 saturated carbocycles. The summed E-state index contributed by atoms with van der Waals surface area (Å²) in [6.07, 6.45) is 2.20. The summed E-state index contributed by atoms with van der Waals surface area (Å²) >= 11 is 6.04. The van der Waals surface area contributed by atoms with Crippen LogP contribution in [0.3, 0.4) is 0 Å². The van der Waals surface area contributed by atoms with Gasteiger partial charge in [0.05, 0.1) is 0 Å². The molecule has 0 bridgehead atoms. The van der Waals surface area contributed by atoms with Gasteiger partial charge in [-0.05, 0) is 37.0 Å². The van der Waals surface area contributed by atoms with Gasteiger partial charge in [-0.3, -0.25) is 4.79 Å². The normalized spacial score (nSPS) is 16.9. The minimum atomic E-state index is 0.131. The van der Waals surface area contributed by atoms with Crippen LogP contribution in [0.25, 0.3) is 10.9 Å². The van der Waals surface area contributed by atoms with E-state index in [2.05, 4.69) is 6.92 Å². The van der Waals surface area contributed by atoms with Crippen molar-refractivity contribution in [1.29, 1.82) is 0 Å². The molecule has 3 nitrogen and oxygen atoms in total. The summed E-state index contributed by atoms with van der Waals surface area (Å²) in [6, 6.07) is 7.70. The van der Waals surface area contributed by atoms with Crippen LogP contribution in [0.1, 0.15) is 30.3 Å². The lowest BCUT2D eigenvalue weighted by atomic mass is 9.99. The fourth-order valence-electron chi connectivity index (χ4n) is 2.88. The van der Waals surface area contributed by atoms with Gasteiger partial charge in [-0.2, -0.15) is 0 Å². The second-order valence-corrected chi connectivity index (χ2v) is 6.20. The second-order valence-electron chi connectivity index (χ2n) is 5.77. The number of halogens is 1. The molecule has 0 radical (unpaired) electrons. The third kappa shape index (κ3) is 2.31. The van der Waals surface area contributed by atoms with E-state index in [9.17, 15) is 4.79 Å². The van der Waals surface area contributed by atoms with Crippen LogP contribution >= 0.6 is 11.6 Å². The van der Waals surface area contributed by atoms with Crippen molar-refractivity contribution in [2.45, 2.75) is 19.8 Å². The summed E-state index contributed by atoms with van der Waals surface area (Å²) in [7, 11) is 1.93. The number of hydrogen-bond donors (Lipinski definition) is 0. The average Bonchev–Trinajstić information content (AvgIpc) is 2.76. The molecule has 0 N–H and O–H groups in total. The van der Waals surface area contributed by atoms with Gasteiger partial charge in [-0.1, -0.05) is 24.6 Å². The minimum Gasteiger partial charge on any atom is -0.340 e. The van der Waals surface area contributed by atoms with Gasteiger partial charge in [-0.15, -0.1) is 0 Å². The van der Waals surface area contributed by atoms with Crippen molar-refractivity contribution in [2.75, 3.05) is 13.1 Å². The van der Waals surface area contributed by atoms with Crippen LogP contribution in [0.5, 0.6) is 0 Å². The van der Waals surface area contributed by atoms with Crippen molar-refractivity contribution in [3.05, 3.63) is 35.0 Å². The van der Waals surface area contributed by atoms with Crippen LogP contribution in [0.4, 0.5) is 0 Å². The number of aromatic nitrogens is 1. The summed E-state index contributed by atoms with van der Waals surface area (Å²) in [4.78, 5) is 14.6. The molecule has 0 spiro atoms. The maximum atomic E-state index is 12.7. The number of aryl methyl sites for hydroxylation is 1. The number of benzene rings is 1. The van der Waals surface area contributed by atoms with Gasteiger partial charge < -0.3 is 9.47 Å². The Morgan fingerprint density at radius 3 is 2.65 bits per heavy atom. The first-order valence-electron chi connectivity index (χ1n) is 7.10. The smallest absolute Gasteiger partial charge is 0.270 e. The molecule has 0 atom stereocenters. The summed E-state index contributed by atoms with van der Waals surface area (Å²) in [6.45, 7) is 3.98. The predicted molar refractivity (Wildman–Crippen MR) is 82.2 cm³/mol. The van der Waals surface area contributed by atoms with Crippen LogP contribution in [0.15, 0.2) is 24.3 Å². The Morgan fingerprint density at radius 1 is 1.25 bits per heavy atom. The summed E-state index contributed by atoms with van der Waals surface area (Å²) in [5.74, 6) is 0.858. The van der Waals surface area contributed by atoms with E-state index in [1.54, 1.807) is 0 Å². The molecule has 1 saturated heterocycles. The molecule has 2 heterocycles. The molecule has 3 rings (SSSR count). The first kappa shape index (κ1) is 13.5. The maximum absolute atomic E-state index is 12.7. The van der Waals surface area contributed by atoms with Crippen molar-refractivity contribution >= 4 is 28.4 Å². The number of fused-ring (bicyclic) bond motifs is 1. The number of carbonyl (C=O) groups excluding carboxylic acids is 1. The van der Waals surface area contributed by atoms with E-state index in [1.807, 2.05) is 40.8 Å². The third-order valence-corrected chi connectivity index (χ3v) is 4.53. The Hall–Kier alpha value is -1.48. The molecule has 0 unspecified atom stereocenters. The first-order valence-corrected chi connectivity index (χ1v) is 7.48. The third-order valence-electron chi connectivity index (χ3n) is 4.30. The molecular formula is C16H19ClN2O. The minimum absolute atomic E-state index is 0.131. The largest absolute Gasteiger partial charge is 0.340 e. The Bertz CT molecular complexity index is 654. The Kier molecular flexibility index (Phi) is 3.47. The second kappa shape index (κ2) is 5.13. The van der Waals surface area contributed by atoms with Gasteiger partial charge in [0.15, 0.2) is 0 Å². The number of hydrogen-bond acceptors (Lipinski definition) is 1. The summed E-state index contributed by atoms with van der Waals surface area (Å²) in [5, 5.41) is 1.76. The van der Waals surface area contributed by atoms with Crippen molar-refractivity contribution in [3.8, 4) is 0 Å². The highest BCUT2D eigenvalue weighted by molar-refractivity contribution is 6.31. The zero-order valence-electron chi connectivity index (χ0n) is 11.9. The van der Waals surface area contributed by atoms with Gasteiger partial charge >= 0.3 is 0 Å². The monoisotopic (exact) mass is 290 g/mol. The molecule has 1 aliphatic rings. The fourth-order valence-corrected chi connectivity index (χ4v) is 3.05. The van der Waals surface area contributed by atoms with Gasteiger partial charge in [-0.25, -0.2) is 0 Å². The molecule has 1 aliphatic heterocycles. The number of nitrogens with zero attached hydrogens (tertiary/aromatic N) is 2. The maximum Gasteiger partial charge on any atom is 0.270 e. The van der Waals surface area contributed by atoms with E-state index >= 15 is 0 Å². The number of piperidine rings is 1. The van der Waals surface area contributed by atoms with Crippen LogP contribution < -0.4 is 0 Å². The fraction of sp³-hybridized carbons (Fsp3) is 0.438. The van der Waals surface area contributed by atoms with Gasteiger partial charge in [0.1, 0.15) is 5.69 Å². The summed E-state index contributed by atoms with van der Waals surface area (Å²) in [5.41, 5.74) is 1.75. The lowest BCUT2D eigenvalue weighted by molar-refractivity contribution is 0.0688. The molecule has 0 aliphatic carbocycles. The zero-order chi connectivity index (χ0) is 14.3. The lowest BCUT2D eigenvalue weighted by Crippen LogP contribution is -2.38. The average molecular weight is 291 g/mol. The number of likely N-dealkylation sites (tertiary alicyclic amines) is 1. The molecule has 106 valence electrons. The van der Waals surface area contributed by atoms with Crippen molar-refractivity contribution in [3.63, 3.8) is 0 Å². The topological polar surface area (TPSA) is 25.2 Å². The molecule has 1 aromatic carbocycles. The van der Waals surface area contributed by atoms with Gasteiger partial charge in [0.2, 0.25) is 0 Å². The van der Waals surface area contributed by atoms with Crippen molar-refractivity contribution in [1.82, 2.24) is 9.47 Å². The van der Waals surface area contributed by atoms with E-state index in [-0.39, 0.29) is 5.91 Å². The standard InChI is InChI=1S/C16H19ClN2O/c1-11-5-7-19(8-6-11)16(20)15-9-12-3-4-13(17)10-14(12)18(15)2/h3-4,9-11H,5-8H2,1-2H3. The van der Waals surface area contributed by atoms with Gasteiger partial charge in [0.25, 0.3) is 5.91 Å². The van der Waals surface area contributed by atoms with E-state index in [0.717, 1.165) is 48.4 Å². The van der Waals surface area contributed by atoms with Crippen molar-refractivity contribution < 1.29 is 4.79 Å². The number of carbonyl (C=O) groups is 1. The highest BCUT2D eigenvalue weighted by Gasteiger charge is 2.23. The zero-order valence-corrected chi connectivity index (χ0v) is 12.7. The molecule has 1 amide bonds. The molecular weight excluding hydrogens is 272 g/mol. The quantitative estimate of drug-likeness (QED) is 0.786. The molecule has 2 aromatic rings. The summed E-state index contributed by atoms with van der Waals surface area (Å²) < 4.78 is 1.95. The Balaban J connectivity index is 1.93. The molecule has 1 fully saturated rings. The Labute approximate surface area is 124 Å². The Morgan fingerprint density at radius 2 is 1.95 bits per heavy atom. The first-order chi connectivity index (χ1) is 9.56. The number of amides is 1. The van der Waals surface area contributed by atoms with Crippen molar-refractivity contribution in [2.24, 2.45) is 13.0 Å². The van der Waals surface area contributed by atoms with E-state index in [0.29, 0.717) is 5.02 Å². The van der Waals surface area contributed by atoms with Crippen LogP contribution in [0.2, 0.25) is 5.02 Å². The highest BCUT2D eigenvalue weighted by atomic mass is 35.5. The van der Waals surface area contributed by atoms with E-state index in [4.69, 9.17) is 11.6 Å². The molecule has 4 heteroatoms. The molecule has 1 aromatic heterocycles. The van der Waals surface area contributed by atoms with E-state index < -0.39 is 0 Å².